The molecule has 17 heavy (non-hydrogen) atoms. The van der Waals surface area contributed by atoms with Gasteiger partial charge in [-0.05, 0) is 19.8 Å². The summed E-state index contributed by atoms with van der Waals surface area (Å²) in [5, 5.41) is 9.69. The van der Waals surface area contributed by atoms with Crippen molar-refractivity contribution in [1.82, 2.24) is 10.2 Å². The second kappa shape index (κ2) is 4.87. The van der Waals surface area contributed by atoms with Crippen LogP contribution in [0.15, 0.2) is 6.07 Å². The Balaban J connectivity index is 2.07. The van der Waals surface area contributed by atoms with Crippen LogP contribution >= 0.6 is 0 Å². The van der Waals surface area contributed by atoms with Gasteiger partial charge in [0.05, 0.1) is 5.41 Å². The zero-order valence-corrected chi connectivity index (χ0v) is 10.3. The molecule has 1 aliphatic carbocycles. The first-order valence-corrected chi connectivity index (χ1v) is 6.20. The number of rotatable bonds is 3. The Hall–Kier alpha value is -1.36. The highest BCUT2D eigenvalue weighted by Crippen LogP contribution is 2.36. The van der Waals surface area contributed by atoms with E-state index in [0.717, 1.165) is 31.4 Å². The van der Waals surface area contributed by atoms with Crippen LogP contribution in [0, 0.1) is 12.3 Å². The number of aromatic nitrogens is 2. The number of nitrogens with zero attached hydrogens (tertiary/aromatic N) is 1. The van der Waals surface area contributed by atoms with Crippen LogP contribution in [0.2, 0.25) is 0 Å². The average molecular weight is 236 g/mol. The summed E-state index contributed by atoms with van der Waals surface area (Å²) in [5.74, 6) is 0.608. The van der Waals surface area contributed by atoms with E-state index in [1.54, 1.807) is 0 Å². The van der Waals surface area contributed by atoms with E-state index in [-0.39, 0.29) is 11.3 Å². The van der Waals surface area contributed by atoms with Crippen molar-refractivity contribution in [3.63, 3.8) is 0 Å². The van der Waals surface area contributed by atoms with Gasteiger partial charge in [-0.3, -0.25) is 9.89 Å². The van der Waals surface area contributed by atoms with Crippen LogP contribution in [0.5, 0.6) is 0 Å². The van der Waals surface area contributed by atoms with Gasteiger partial charge in [-0.1, -0.05) is 19.3 Å². The molecule has 1 aromatic heterocycles. The summed E-state index contributed by atoms with van der Waals surface area (Å²) >= 11 is 0. The van der Waals surface area contributed by atoms with Crippen molar-refractivity contribution < 1.29 is 4.79 Å². The number of nitrogens with one attached hydrogen (secondary N) is 2. The fourth-order valence-electron chi connectivity index (χ4n) is 2.48. The van der Waals surface area contributed by atoms with Gasteiger partial charge in [-0.25, -0.2) is 0 Å². The number of hydrogen-bond donors (Lipinski definition) is 3. The molecular formula is C12H20N4O. The SMILES string of the molecule is Cc1cc(NC(=O)C2(CN)CCCCC2)n[nH]1. The minimum atomic E-state index is -0.384. The van der Waals surface area contributed by atoms with Crippen LogP contribution in [0.25, 0.3) is 0 Å². The van der Waals surface area contributed by atoms with Crippen LogP contribution in [0.1, 0.15) is 37.8 Å². The predicted molar refractivity (Wildman–Crippen MR) is 66.5 cm³/mol. The molecule has 0 atom stereocenters. The average Bonchev–Trinajstić information content (AvgIpc) is 2.75. The lowest BCUT2D eigenvalue weighted by Gasteiger charge is -2.34. The number of H-pyrrole nitrogens is 1. The van der Waals surface area contributed by atoms with Crippen LogP contribution < -0.4 is 11.1 Å². The highest BCUT2D eigenvalue weighted by molar-refractivity contribution is 5.94. The van der Waals surface area contributed by atoms with Gasteiger partial charge in [0.25, 0.3) is 0 Å². The number of aryl methyl sites for hydroxylation is 1. The van der Waals surface area contributed by atoms with Crippen LogP contribution in [0.3, 0.4) is 0 Å². The molecule has 1 aliphatic rings. The van der Waals surface area contributed by atoms with Crippen LogP contribution in [0.4, 0.5) is 5.82 Å². The van der Waals surface area contributed by atoms with E-state index in [4.69, 9.17) is 5.73 Å². The van der Waals surface area contributed by atoms with Gasteiger partial charge < -0.3 is 11.1 Å². The Labute approximate surface area is 101 Å². The molecule has 0 aromatic carbocycles. The van der Waals surface area contributed by atoms with Gasteiger partial charge in [0, 0.05) is 18.3 Å². The molecule has 0 aliphatic heterocycles. The monoisotopic (exact) mass is 236 g/mol. The van der Waals surface area contributed by atoms with Crippen LogP contribution in [-0.2, 0) is 4.79 Å². The van der Waals surface area contributed by atoms with Crippen LogP contribution in [-0.4, -0.2) is 22.6 Å². The highest BCUT2D eigenvalue weighted by atomic mass is 16.2. The van der Waals surface area contributed by atoms with Gasteiger partial charge >= 0.3 is 0 Å². The standard InChI is InChI=1S/C12H20N4O/c1-9-7-10(16-15-9)14-11(17)12(8-13)5-3-2-4-6-12/h7H,2-6,8,13H2,1H3,(H2,14,15,16,17). The van der Waals surface area contributed by atoms with E-state index in [9.17, 15) is 4.79 Å². The molecule has 2 rings (SSSR count). The molecule has 1 fully saturated rings. The number of amides is 1. The lowest BCUT2D eigenvalue weighted by molar-refractivity contribution is -0.126. The lowest BCUT2D eigenvalue weighted by Crippen LogP contribution is -2.43. The second-order valence-electron chi connectivity index (χ2n) is 4.94. The molecule has 1 amide bonds. The maximum absolute atomic E-state index is 12.3. The Bertz CT molecular complexity index is 393. The van der Waals surface area contributed by atoms with E-state index < -0.39 is 0 Å². The molecule has 94 valence electrons. The zero-order valence-electron chi connectivity index (χ0n) is 10.3. The van der Waals surface area contributed by atoms with Gasteiger partial charge in [-0.2, -0.15) is 5.10 Å². The number of carbonyl (C=O) groups excluding carboxylic acids is 1. The Morgan fingerprint density at radius 3 is 2.76 bits per heavy atom. The van der Waals surface area contributed by atoms with E-state index in [2.05, 4.69) is 15.5 Å². The predicted octanol–water partition coefficient (Wildman–Crippen LogP) is 1.57. The summed E-state index contributed by atoms with van der Waals surface area (Å²) in [6.45, 7) is 2.32. The first-order chi connectivity index (χ1) is 8.16. The lowest BCUT2D eigenvalue weighted by atomic mass is 9.73. The minimum absolute atomic E-state index is 0.0196. The second-order valence-corrected chi connectivity index (χ2v) is 4.94. The summed E-state index contributed by atoms with van der Waals surface area (Å²) in [6.07, 6.45) is 5.16. The fraction of sp³-hybridized carbons (Fsp3) is 0.667. The van der Waals surface area contributed by atoms with E-state index in [1.807, 2.05) is 13.0 Å². The molecule has 1 aromatic rings. The molecule has 0 spiro atoms. The molecule has 0 radical (unpaired) electrons. The smallest absolute Gasteiger partial charge is 0.233 e. The van der Waals surface area contributed by atoms with Crippen molar-refractivity contribution in [2.45, 2.75) is 39.0 Å². The number of hydrogen-bond acceptors (Lipinski definition) is 3. The number of anilines is 1. The summed E-state index contributed by atoms with van der Waals surface area (Å²) in [5.41, 5.74) is 6.36. The quantitative estimate of drug-likeness (QED) is 0.744. The van der Waals surface area contributed by atoms with E-state index in [1.165, 1.54) is 6.42 Å². The number of aromatic amines is 1. The third-order valence-corrected chi connectivity index (χ3v) is 3.63. The first kappa shape index (κ1) is 12.1. The molecule has 1 heterocycles. The summed E-state index contributed by atoms with van der Waals surface area (Å²) in [6, 6.07) is 1.82. The van der Waals surface area contributed by atoms with Crippen molar-refractivity contribution in [2.24, 2.45) is 11.1 Å². The molecule has 5 nitrogen and oxygen atoms in total. The van der Waals surface area contributed by atoms with Crippen molar-refractivity contribution in [3.05, 3.63) is 11.8 Å². The normalized spacial score (nSPS) is 18.9. The molecular weight excluding hydrogens is 216 g/mol. The molecule has 4 N–H and O–H groups in total. The topological polar surface area (TPSA) is 83.8 Å². The van der Waals surface area contributed by atoms with Gasteiger partial charge in [0.1, 0.15) is 0 Å². The third kappa shape index (κ3) is 2.49. The summed E-state index contributed by atoms with van der Waals surface area (Å²) < 4.78 is 0. The number of nitrogens with two attached hydrogens (primary N) is 1. The molecule has 0 saturated heterocycles. The summed E-state index contributed by atoms with van der Waals surface area (Å²) in [4.78, 5) is 12.3. The fourth-order valence-corrected chi connectivity index (χ4v) is 2.48. The van der Waals surface area contributed by atoms with Crippen molar-refractivity contribution in [2.75, 3.05) is 11.9 Å². The van der Waals surface area contributed by atoms with Crippen molar-refractivity contribution >= 4 is 11.7 Å². The molecule has 5 heteroatoms. The largest absolute Gasteiger partial charge is 0.329 e. The van der Waals surface area contributed by atoms with Gasteiger partial charge in [-0.15, -0.1) is 0 Å². The van der Waals surface area contributed by atoms with Gasteiger partial charge in [0.15, 0.2) is 5.82 Å². The highest BCUT2D eigenvalue weighted by Gasteiger charge is 2.38. The van der Waals surface area contributed by atoms with Crippen molar-refractivity contribution in [3.8, 4) is 0 Å². The maximum atomic E-state index is 12.3. The Morgan fingerprint density at radius 2 is 2.24 bits per heavy atom. The molecule has 0 bridgehead atoms. The minimum Gasteiger partial charge on any atom is -0.329 e. The zero-order chi connectivity index (χ0) is 12.3. The van der Waals surface area contributed by atoms with E-state index in [0.29, 0.717) is 12.4 Å². The molecule has 0 unspecified atom stereocenters. The molecule has 1 saturated carbocycles. The summed E-state index contributed by atoms with van der Waals surface area (Å²) in [7, 11) is 0. The number of carbonyl (C=O) groups is 1. The van der Waals surface area contributed by atoms with E-state index >= 15 is 0 Å². The first-order valence-electron chi connectivity index (χ1n) is 6.20. The van der Waals surface area contributed by atoms with Crippen molar-refractivity contribution in [1.29, 1.82) is 0 Å². The van der Waals surface area contributed by atoms with Gasteiger partial charge in [0.2, 0.25) is 5.91 Å². The maximum Gasteiger partial charge on any atom is 0.233 e. The Kier molecular flexibility index (Phi) is 3.47. The Morgan fingerprint density at radius 1 is 1.53 bits per heavy atom. The third-order valence-electron chi connectivity index (χ3n) is 3.63.